The second-order valence-electron chi connectivity index (χ2n) is 9.38. The van der Waals surface area contributed by atoms with Gasteiger partial charge in [-0.05, 0) is 58.6 Å². The van der Waals surface area contributed by atoms with Crippen molar-refractivity contribution in [1.29, 1.82) is 0 Å². The second kappa shape index (κ2) is 10.5. The van der Waals surface area contributed by atoms with E-state index < -0.39 is 9.84 Å². The largest absolute Gasteiger partial charge is 0.447 e. The molecule has 0 bridgehead atoms. The molecule has 1 amide bonds. The van der Waals surface area contributed by atoms with Gasteiger partial charge in [-0.2, -0.15) is 0 Å². The van der Waals surface area contributed by atoms with Crippen LogP contribution in [-0.2, 0) is 14.6 Å². The topological polar surface area (TPSA) is 135 Å². The van der Waals surface area contributed by atoms with Crippen LogP contribution in [-0.4, -0.2) is 53.0 Å². The average Bonchev–Trinajstić information content (AvgIpc) is 3.40. The Balaban J connectivity index is 1.48. The van der Waals surface area contributed by atoms with Crippen LogP contribution < -0.4 is 10.6 Å². The molecule has 1 aromatic carbocycles. The van der Waals surface area contributed by atoms with E-state index in [0.29, 0.717) is 22.8 Å². The lowest BCUT2D eigenvalue weighted by molar-refractivity contribution is 0.109. The molecule has 3 N–H and O–H groups in total. The monoisotopic (exact) mass is 533 g/mol. The normalized spacial score (nSPS) is 18.2. The number of sulfone groups is 1. The van der Waals surface area contributed by atoms with Crippen molar-refractivity contribution < 1.29 is 23.2 Å². The lowest BCUT2D eigenvalue weighted by atomic mass is 9.86. The van der Waals surface area contributed by atoms with E-state index in [4.69, 9.17) is 4.74 Å². The maximum Gasteiger partial charge on any atom is 0.407 e. The number of ether oxygens (including phenoxy) is 1. The number of carbonyl (C=O) groups is 1. The molecule has 4 rings (SSSR count). The maximum atomic E-state index is 12.6. The highest BCUT2D eigenvalue weighted by Crippen LogP contribution is 2.40. The van der Waals surface area contributed by atoms with Crippen LogP contribution in [0, 0.1) is 6.92 Å². The average molecular weight is 534 g/mol. The minimum absolute atomic E-state index is 0.0878. The van der Waals surface area contributed by atoms with E-state index in [1.54, 1.807) is 37.4 Å². The van der Waals surface area contributed by atoms with E-state index in [-0.39, 0.29) is 29.1 Å². The van der Waals surface area contributed by atoms with E-state index >= 15 is 0 Å². The molecule has 1 saturated carbocycles. The summed E-state index contributed by atoms with van der Waals surface area (Å²) in [6.07, 6.45) is 5.84. The number of aryl methyl sites for hydroxylation is 1. The van der Waals surface area contributed by atoms with Crippen molar-refractivity contribution in [2.75, 3.05) is 11.6 Å². The molecule has 3 aromatic rings. The zero-order valence-corrected chi connectivity index (χ0v) is 22.3. The highest BCUT2D eigenvalue weighted by atomic mass is 32.2. The lowest BCUT2D eigenvalue weighted by Gasteiger charge is -2.28. The maximum absolute atomic E-state index is 12.6. The molecule has 10 nitrogen and oxygen atoms in total. The van der Waals surface area contributed by atoms with E-state index in [1.807, 2.05) is 13.8 Å². The Morgan fingerprint density at radius 1 is 1.22 bits per heavy atom. The van der Waals surface area contributed by atoms with Gasteiger partial charge in [-0.3, -0.25) is 0 Å². The minimum Gasteiger partial charge on any atom is -0.447 e. The second-order valence-corrected chi connectivity index (χ2v) is 12.4. The van der Waals surface area contributed by atoms with E-state index in [2.05, 4.69) is 20.7 Å². The minimum atomic E-state index is -3.53. The van der Waals surface area contributed by atoms with Gasteiger partial charge in [0, 0.05) is 41.7 Å². The predicted molar refractivity (Wildman–Crippen MR) is 138 cm³/mol. The summed E-state index contributed by atoms with van der Waals surface area (Å²) in [5.41, 5.74) is 1.70. The van der Waals surface area contributed by atoms with Crippen LogP contribution in [0.5, 0.6) is 0 Å². The van der Waals surface area contributed by atoms with Crippen molar-refractivity contribution in [3.63, 3.8) is 0 Å². The Kier molecular flexibility index (Phi) is 7.55. The number of anilines is 2. The third kappa shape index (κ3) is 6.16. The summed E-state index contributed by atoms with van der Waals surface area (Å²) in [6.45, 7) is 5.35. The number of aromatic nitrogens is 3. The zero-order chi connectivity index (χ0) is 26.0. The molecule has 36 heavy (non-hydrogen) atoms. The van der Waals surface area contributed by atoms with Gasteiger partial charge in [-0.25, -0.2) is 18.2 Å². The standard InChI is InChI=1S/C24H31N5O5S2/c1-14(2)34-24(30)27-17-7-5-16(6-8-17)23-25-13-20(35-23)19-10-9-18(12-21(19)36(4,32)33)26-22-11-15(3)29(31)28-22/h9-14,16-17,31H,5-8H2,1-4H3,(H,26,28)(H,27,30). The molecular weight excluding hydrogens is 502 g/mol. The summed E-state index contributed by atoms with van der Waals surface area (Å²) < 4.78 is 30.5. The van der Waals surface area contributed by atoms with Crippen molar-refractivity contribution in [3.05, 3.63) is 41.2 Å². The number of hydrogen-bond donors (Lipinski definition) is 3. The first-order valence-corrected chi connectivity index (χ1v) is 14.5. The highest BCUT2D eigenvalue weighted by Gasteiger charge is 2.27. The third-order valence-electron chi connectivity index (χ3n) is 6.05. The van der Waals surface area contributed by atoms with Gasteiger partial charge < -0.3 is 20.6 Å². The van der Waals surface area contributed by atoms with Gasteiger partial charge >= 0.3 is 6.09 Å². The van der Waals surface area contributed by atoms with Gasteiger partial charge in [-0.15, -0.1) is 21.3 Å². The fourth-order valence-corrected chi connectivity index (χ4v) is 6.39. The molecule has 1 fully saturated rings. The number of carbonyl (C=O) groups excluding carboxylic acids is 1. The molecule has 0 spiro atoms. The van der Waals surface area contributed by atoms with Gasteiger partial charge in [0.1, 0.15) is 0 Å². The first-order valence-electron chi connectivity index (χ1n) is 11.8. The summed E-state index contributed by atoms with van der Waals surface area (Å²) >= 11 is 1.50. The zero-order valence-electron chi connectivity index (χ0n) is 20.7. The predicted octanol–water partition coefficient (Wildman–Crippen LogP) is 4.86. The van der Waals surface area contributed by atoms with Crippen LogP contribution in [0.25, 0.3) is 10.4 Å². The van der Waals surface area contributed by atoms with Crippen LogP contribution in [0.1, 0.15) is 56.2 Å². The van der Waals surface area contributed by atoms with Crippen molar-refractivity contribution in [2.24, 2.45) is 0 Å². The Morgan fingerprint density at radius 3 is 2.56 bits per heavy atom. The SMILES string of the molecule is Cc1cc(Nc2ccc(-c3cnc(C4CCC(NC(=O)OC(C)C)CC4)s3)c(S(C)(=O)=O)c2)nn1O. The number of amides is 1. The summed E-state index contributed by atoms with van der Waals surface area (Å²) in [5.74, 6) is 0.673. The molecule has 1 aliphatic rings. The number of hydrogen-bond acceptors (Lipinski definition) is 9. The van der Waals surface area contributed by atoms with Gasteiger partial charge in [0.05, 0.1) is 26.6 Å². The molecule has 2 heterocycles. The number of nitrogens with one attached hydrogen (secondary N) is 2. The molecule has 0 saturated heterocycles. The smallest absolute Gasteiger partial charge is 0.407 e. The van der Waals surface area contributed by atoms with Crippen LogP contribution in [0.2, 0.25) is 0 Å². The summed E-state index contributed by atoms with van der Waals surface area (Å²) in [7, 11) is -3.53. The van der Waals surface area contributed by atoms with Gasteiger partial charge in [0.15, 0.2) is 15.7 Å². The molecule has 2 aromatic heterocycles. The van der Waals surface area contributed by atoms with Crippen LogP contribution in [0.4, 0.5) is 16.3 Å². The molecule has 0 radical (unpaired) electrons. The Morgan fingerprint density at radius 2 is 1.94 bits per heavy atom. The molecule has 1 aliphatic carbocycles. The molecule has 0 unspecified atom stereocenters. The summed E-state index contributed by atoms with van der Waals surface area (Å²) in [5, 5.41) is 20.5. The number of alkyl carbamates (subject to hydrolysis) is 1. The van der Waals surface area contributed by atoms with Gasteiger partial charge in [-0.1, -0.05) is 6.07 Å². The van der Waals surface area contributed by atoms with Crippen LogP contribution in [0.3, 0.4) is 0 Å². The Hall–Kier alpha value is -3.12. The molecule has 194 valence electrons. The molecular formula is C24H31N5O5S2. The lowest BCUT2D eigenvalue weighted by Crippen LogP contribution is -2.38. The van der Waals surface area contributed by atoms with E-state index in [1.165, 1.54) is 17.6 Å². The fourth-order valence-electron chi connectivity index (χ4n) is 4.29. The summed E-state index contributed by atoms with van der Waals surface area (Å²) in [6, 6.07) is 6.86. The van der Waals surface area contributed by atoms with Crippen LogP contribution in [0.15, 0.2) is 35.4 Å². The number of rotatable bonds is 7. The van der Waals surface area contributed by atoms with Gasteiger partial charge in [0.25, 0.3) is 0 Å². The number of nitrogens with zero attached hydrogens (tertiary/aromatic N) is 3. The Bertz CT molecular complexity index is 1320. The van der Waals surface area contributed by atoms with Crippen molar-refractivity contribution in [2.45, 2.75) is 69.4 Å². The van der Waals surface area contributed by atoms with E-state index in [0.717, 1.165) is 40.4 Å². The van der Waals surface area contributed by atoms with E-state index in [9.17, 15) is 18.4 Å². The van der Waals surface area contributed by atoms with Gasteiger partial charge in [0.2, 0.25) is 0 Å². The molecule has 0 aliphatic heterocycles. The summed E-state index contributed by atoms with van der Waals surface area (Å²) in [4.78, 5) is 18.2. The van der Waals surface area contributed by atoms with Crippen molar-refractivity contribution in [3.8, 4) is 10.4 Å². The quantitative estimate of drug-likeness (QED) is 0.367. The van der Waals surface area contributed by atoms with Crippen LogP contribution >= 0.6 is 11.3 Å². The first-order chi connectivity index (χ1) is 17.0. The third-order valence-corrected chi connectivity index (χ3v) is 8.38. The van der Waals surface area contributed by atoms with Crippen molar-refractivity contribution in [1.82, 2.24) is 20.2 Å². The number of benzene rings is 1. The Labute approximate surface area is 214 Å². The molecule has 0 atom stereocenters. The molecule has 12 heteroatoms. The van der Waals surface area contributed by atoms with Crippen molar-refractivity contribution >= 4 is 38.8 Å². The fraction of sp³-hybridized carbons (Fsp3) is 0.458. The first kappa shape index (κ1) is 26.0. The number of thiazole rings is 1. The highest BCUT2D eigenvalue weighted by molar-refractivity contribution is 7.90.